The zero-order valence-corrected chi connectivity index (χ0v) is 13.6. The Balaban J connectivity index is 1.72. The van der Waals surface area contributed by atoms with E-state index in [1.807, 2.05) is 0 Å². The molecule has 8 heteroatoms. The Morgan fingerprint density at radius 3 is 2.69 bits per heavy atom. The van der Waals surface area contributed by atoms with E-state index in [0.29, 0.717) is 34.4 Å². The van der Waals surface area contributed by atoms with Crippen LogP contribution in [0.2, 0.25) is 0 Å². The maximum absolute atomic E-state index is 12.9. The van der Waals surface area contributed by atoms with E-state index in [2.05, 4.69) is 15.2 Å². The number of pyridine rings is 1. The monoisotopic (exact) mass is 360 g/mol. The SMILES string of the molecule is O/N=C(/Cn1ncc2ncc(-c3cccc(C(F)(F)F)c3)cc21)C1CC1. The molecule has 0 spiro atoms. The number of hydrogen-bond acceptors (Lipinski definition) is 4. The first kappa shape index (κ1) is 16.6. The van der Waals surface area contributed by atoms with E-state index >= 15 is 0 Å². The Labute approximate surface area is 146 Å². The van der Waals surface area contributed by atoms with Crippen LogP contribution in [0.25, 0.3) is 22.2 Å². The predicted octanol–water partition coefficient (Wildman–Crippen LogP) is 4.36. The zero-order valence-electron chi connectivity index (χ0n) is 13.6. The summed E-state index contributed by atoms with van der Waals surface area (Å²) in [5, 5.41) is 16.8. The average molecular weight is 360 g/mol. The van der Waals surface area contributed by atoms with E-state index < -0.39 is 11.7 Å². The average Bonchev–Trinajstić information content (AvgIpc) is 3.40. The topological polar surface area (TPSA) is 63.3 Å². The number of rotatable bonds is 4. The second-order valence-electron chi connectivity index (χ2n) is 6.37. The molecule has 4 rings (SSSR count). The van der Waals surface area contributed by atoms with E-state index in [9.17, 15) is 18.4 Å². The van der Waals surface area contributed by atoms with Crippen molar-refractivity contribution in [2.24, 2.45) is 11.1 Å². The fourth-order valence-corrected chi connectivity index (χ4v) is 2.93. The lowest BCUT2D eigenvalue weighted by Crippen LogP contribution is -2.13. The number of nitrogens with zero attached hydrogens (tertiary/aromatic N) is 4. The van der Waals surface area contributed by atoms with Gasteiger partial charge in [0.25, 0.3) is 0 Å². The maximum Gasteiger partial charge on any atom is 0.416 e. The Morgan fingerprint density at radius 2 is 2.00 bits per heavy atom. The van der Waals surface area contributed by atoms with Crippen molar-refractivity contribution in [1.82, 2.24) is 14.8 Å². The highest BCUT2D eigenvalue weighted by molar-refractivity contribution is 5.89. The molecule has 26 heavy (non-hydrogen) atoms. The van der Waals surface area contributed by atoms with Gasteiger partial charge in [-0.3, -0.25) is 9.67 Å². The highest BCUT2D eigenvalue weighted by Crippen LogP contribution is 2.33. The molecule has 0 bridgehead atoms. The Hall–Kier alpha value is -2.90. The minimum Gasteiger partial charge on any atom is -0.411 e. The standard InChI is InChI=1S/C18H15F3N4O/c19-18(20,21)14-3-1-2-12(6-14)13-7-17-15(22-8-13)9-23-25(17)10-16(24-26)11-4-5-11/h1-3,6-9,11,26H,4-5,10H2/b24-16-. The molecular weight excluding hydrogens is 345 g/mol. The number of benzene rings is 1. The predicted molar refractivity (Wildman–Crippen MR) is 89.9 cm³/mol. The van der Waals surface area contributed by atoms with E-state index in [1.54, 1.807) is 23.0 Å². The molecule has 3 aromatic rings. The number of hydrogen-bond donors (Lipinski definition) is 1. The lowest BCUT2D eigenvalue weighted by atomic mass is 10.0. The molecule has 134 valence electrons. The third kappa shape index (κ3) is 3.14. The van der Waals surface area contributed by atoms with Gasteiger partial charge in [-0.2, -0.15) is 18.3 Å². The molecule has 0 radical (unpaired) electrons. The summed E-state index contributed by atoms with van der Waals surface area (Å²) < 4.78 is 40.5. The van der Waals surface area contributed by atoms with Crippen LogP contribution >= 0.6 is 0 Å². The second kappa shape index (κ2) is 6.12. The van der Waals surface area contributed by atoms with E-state index in [0.717, 1.165) is 25.0 Å². The van der Waals surface area contributed by atoms with E-state index in [4.69, 9.17) is 0 Å². The minimum atomic E-state index is -4.40. The molecule has 1 fully saturated rings. The summed E-state index contributed by atoms with van der Waals surface area (Å²) in [6.07, 6.45) is 0.712. The first-order chi connectivity index (χ1) is 12.5. The first-order valence-corrected chi connectivity index (χ1v) is 8.16. The molecule has 0 aliphatic heterocycles. The Kier molecular flexibility index (Phi) is 3.90. The maximum atomic E-state index is 12.9. The minimum absolute atomic E-state index is 0.277. The molecule has 1 aliphatic rings. The molecule has 0 unspecified atom stereocenters. The van der Waals surface area contributed by atoms with Crippen molar-refractivity contribution in [2.75, 3.05) is 0 Å². The summed E-state index contributed by atoms with van der Waals surface area (Å²) >= 11 is 0. The van der Waals surface area contributed by atoms with Gasteiger partial charge in [0.15, 0.2) is 0 Å². The number of alkyl halides is 3. The van der Waals surface area contributed by atoms with E-state index in [1.165, 1.54) is 12.3 Å². The molecule has 1 aromatic carbocycles. The fourth-order valence-electron chi connectivity index (χ4n) is 2.93. The summed E-state index contributed by atoms with van der Waals surface area (Å²) in [6, 6.07) is 6.90. The quantitative estimate of drug-likeness (QED) is 0.427. The molecule has 1 aliphatic carbocycles. The zero-order chi connectivity index (χ0) is 18.3. The van der Waals surface area contributed by atoms with Gasteiger partial charge in [0.05, 0.1) is 29.5 Å². The van der Waals surface area contributed by atoms with Crippen LogP contribution in [0.5, 0.6) is 0 Å². The number of fused-ring (bicyclic) bond motifs is 1. The third-order valence-electron chi connectivity index (χ3n) is 4.51. The van der Waals surface area contributed by atoms with Gasteiger partial charge in [0, 0.05) is 17.7 Å². The van der Waals surface area contributed by atoms with Crippen molar-refractivity contribution < 1.29 is 18.4 Å². The van der Waals surface area contributed by atoms with Crippen molar-refractivity contribution in [3.8, 4) is 11.1 Å². The van der Waals surface area contributed by atoms with Crippen molar-refractivity contribution in [2.45, 2.75) is 25.6 Å². The molecule has 1 saturated carbocycles. The first-order valence-electron chi connectivity index (χ1n) is 8.16. The molecule has 5 nitrogen and oxygen atoms in total. The molecule has 2 aromatic heterocycles. The van der Waals surface area contributed by atoms with Crippen molar-refractivity contribution in [3.05, 3.63) is 48.3 Å². The second-order valence-corrected chi connectivity index (χ2v) is 6.37. The van der Waals surface area contributed by atoms with Crippen LogP contribution in [-0.2, 0) is 12.7 Å². The van der Waals surface area contributed by atoms with Crippen LogP contribution in [-0.4, -0.2) is 25.7 Å². The molecule has 0 amide bonds. The summed E-state index contributed by atoms with van der Waals surface area (Å²) in [4.78, 5) is 4.30. The lowest BCUT2D eigenvalue weighted by molar-refractivity contribution is -0.137. The van der Waals surface area contributed by atoms with Gasteiger partial charge in [0.2, 0.25) is 0 Å². The van der Waals surface area contributed by atoms with Gasteiger partial charge in [0.1, 0.15) is 5.52 Å². The highest BCUT2D eigenvalue weighted by atomic mass is 19.4. The van der Waals surface area contributed by atoms with Gasteiger partial charge in [-0.25, -0.2) is 0 Å². The van der Waals surface area contributed by atoms with Crippen LogP contribution in [0, 0.1) is 5.92 Å². The largest absolute Gasteiger partial charge is 0.416 e. The molecule has 2 heterocycles. The van der Waals surface area contributed by atoms with Gasteiger partial charge < -0.3 is 5.21 Å². The molecule has 0 saturated heterocycles. The summed E-state index contributed by atoms with van der Waals surface area (Å²) in [5.41, 5.74) is 2.27. The van der Waals surface area contributed by atoms with E-state index in [-0.39, 0.29) is 5.92 Å². The van der Waals surface area contributed by atoms with Crippen molar-refractivity contribution in [3.63, 3.8) is 0 Å². The van der Waals surface area contributed by atoms with Crippen LogP contribution in [0.4, 0.5) is 13.2 Å². The van der Waals surface area contributed by atoms with Gasteiger partial charge in [-0.1, -0.05) is 17.3 Å². The van der Waals surface area contributed by atoms with Gasteiger partial charge >= 0.3 is 6.18 Å². The highest BCUT2D eigenvalue weighted by Gasteiger charge is 2.31. The van der Waals surface area contributed by atoms with Crippen LogP contribution in [0.3, 0.4) is 0 Å². The summed E-state index contributed by atoms with van der Waals surface area (Å²) in [5.74, 6) is 0.277. The normalized spacial score (nSPS) is 15.6. The van der Waals surface area contributed by atoms with Crippen molar-refractivity contribution in [1.29, 1.82) is 0 Å². The molecule has 1 N–H and O–H groups in total. The van der Waals surface area contributed by atoms with Crippen LogP contribution in [0.1, 0.15) is 18.4 Å². The number of aromatic nitrogens is 3. The summed E-state index contributed by atoms with van der Waals surface area (Å²) in [7, 11) is 0. The Morgan fingerprint density at radius 1 is 1.19 bits per heavy atom. The fraction of sp³-hybridized carbons (Fsp3) is 0.278. The molecule has 0 atom stereocenters. The van der Waals surface area contributed by atoms with Crippen LogP contribution < -0.4 is 0 Å². The number of halogens is 3. The third-order valence-corrected chi connectivity index (χ3v) is 4.51. The lowest BCUT2D eigenvalue weighted by Gasteiger charge is -2.09. The Bertz CT molecular complexity index is 990. The molecular formula is C18H15F3N4O. The summed E-state index contributed by atoms with van der Waals surface area (Å²) in [6.45, 7) is 0.332. The van der Waals surface area contributed by atoms with Crippen LogP contribution in [0.15, 0.2) is 47.9 Å². The van der Waals surface area contributed by atoms with Crippen molar-refractivity contribution >= 4 is 16.7 Å². The smallest absolute Gasteiger partial charge is 0.411 e. The van der Waals surface area contributed by atoms with Gasteiger partial charge in [-0.05, 0) is 36.6 Å². The number of oxime groups is 1. The van der Waals surface area contributed by atoms with Gasteiger partial charge in [-0.15, -0.1) is 0 Å².